The first-order chi connectivity index (χ1) is 9.61. The third-order valence-corrected chi connectivity index (χ3v) is 3.17. The highest BCUT2D eigenvalue weighted by Gasteiger charge is 2.13. The van der Waals surface area contributed by atoms with Crippen LogP contribution >= 0.6 is 11.6 Å². The average Bonchev–Trinajstić information content (AvgIpc) is 2.46. The maximum absolute atomic E-state index is 13.2. The van der Waals surface area contributed by atoms with E-state index in [2.05, 4.69) is 5.32 Å². The number of carbonyl (C=O) groups excluding carboxylic acids is 1. The molecule has 1 N–H and O–H groups in total. The molecule has 0 saturated heterocycles. The zero-order chi connectivity index (χ0) is 14.5. The molecule has 2 aromatic carbocycles. The predicted octanol–water partition coefficient (Wildman–Crippen LogP) is 3.42. The van der Waals surface area contributed by atoms with Crippen LogP contribution in [0.15, 0.2) is 42.5 Å². The summed E-state index contributed by atoms with van der Waals surface area (Å²) in [5.74, 6) is -0.585. The van der Waals surface area contributed by atoms with Crippen molar-refractivity contribution in [2.24, 2.45) is 0 Å². The molecular weight excluding hydrogens is 281 g/mol. The Morgan fingerprint density at radius 2 is 2.05 bits per heavy atom. The smallest absolute Gasteiger partial charge is 0.255 e. The lowest BCUT2D eigenvalue weighted by atomic mass is 10.1. The zero-order valence-electron chi connectivity index (χ0n) is 10.8. The highest BCUT2D eigenvalue weighted by atomic mass is 35.5. The van der Waals surface area contributed by atoms with Gasteiger partial charge in [0.15, 0.2) is 0 Å². The number of hydrogen-bond donors (Lipinski definition) is 1. The Hall–Kier alpha value is -2.07. The van der Waals surface area contributed by atoms with E-state index in [0.717, 1.165) is 11.6 Å². The molecule has 0 atom stereocenters. The highest BCUT2D eigenvalue weighted by molar-refractivity contribution is 6.31. The summed E-state index contributed by atoms with van der Waals surface area (Å²) in [5, 5.41) is 3.26. The summed E-state index contributed by atoms with van der Waals surface area (Å²) in [6.45, 7) is 0.262. The number of halogens is 2. The summed E-state index contributed by atoms with van der Waals surface area (Å²) >= 11 is 6.00. The van der Waals surface area contributed by atoms with Gasteiger partial charge in [0.2, 0.25) is 0 Å². The average molecular weight is 294 g/mol. The number of hydrogen-bond acceptors (Lipinski definition) is 2. The van der Waals surface area contributed by atoms with Crippen molar-refractivity contribution >= 4 is 17.5 Å². The second-order valence-corrected chi connectivity index (χ2v) is 4.53. The minimum Gasteiger partial charge on any atom is -0.496 e. The SMILES string of the molecule is COc1ccc(F)cc1C(=O)NCc1ccccc1Cl. The third-order valence-electron chi connectivity index (χ3n) is 2.80. The number of nitrogens with one attached hydrogen (secondary N) is 1. The third kappa shape index (κ3) is 3.27. The molecule has 0 aliphatic carbocycles. The van der Waals surface area contributed by atoms with Crippen molar-refractivity contribution in [1.29, 1.82) is 0 Å². The summed E-state index contributed by atoms with van der Waals surface area (Å²) in [5.41, 5.74) is 0.942. The molecule has 1 amide bonds. The molecule has 2 aromatic rings. The molecule has 0 spiro atoms. The van der Waals surface area contributed by atoms with E-state index in [4.69, 9.17) is 16.3 Å². The number of ether oxygens (including phenoxy) is 1. The molecule has 3 nitrogen and oxygen atoms in total. The lowest BCUT2D eigenvalue weighted by molar-refractivity contribution is 0.0947. The molecular formula is C15H13ClFNO2. The van der Waals surface area contributed by atoms with Crippen molar-refractivity contribution in [1.82, 2.24) is 5.32 Å². The molecule has 0 heterocycles. The molecule has 0 aromatic heterocycles. The normalized spacial score (nSPS) is 10.2. The van der Waals surface area contributed by atoms with Gasteiger partial charge in [-0.15, -0.1) is 0 Å². The molecule has 0 aliphatic heterocycles. The summed E-state index contributed by atoms with van der Waals surface area (Å²) in [7, 11) is 1.43. The second-order valence-electron chi connectivity index (χ2n) is 4.12. The molecule has 0 fully saturated rings. The fourth-order valence-electron chi connectivity index (χ4n) is 1.77. The largest absolute Gasteiger partial charge is 0.496 e. The number of methoxy groups -OCH3 is 1. The topological polar surface area (TPSA) is 38.3 Å². The molecule has 20 heavy (non-hydrogen) atoms. The number of carbonyl (C=O) groups is 1. The molecule has 0 unspecified atom stereocenters. The molecule has 2 rings (SSSR count). The Labute approximate surface area is 121 Å². The Bertz CT molecular complexity index is 631. The molecule has 104 valence electrons. The quantitative estimate of drug-likeness (QED) is 0.938. The molecule has 5 heteroatoms. The fraction of sp³-hybridized carbons (Fsp3) is 0.133. The van der Waals surface area contributed by atoms with Crippen molar-refractivity contribution in [2.45, 2.75) is 6.54 Å². The van der Waals surface area contributed by atoms with E-state index in [1.807, 2.05) is 18.2 Å². The van der Waals surface area contributed by atoms with E-state index in [-0.39, 0.29) is 12.1 Å². The van der Waals surface area contributed by atoms with Gasteiger partial charge in [-0.25, -0.2) is 4.39 Å². The van der Waals surface area contributed by atoms with Gasteiger partial charge in [-0.2, -0.15) is 0 Å². The van der Waals surface area contributed by atoms with E-state index >= 15 is 0 Å². The van der Waals surface area contributed by atoms with Crippen LogP contribution < -0.4 is 10.1 Å². The number of rotatable bonds is 4. The summed E-state index contributed by atoms with van der Waals surface area (Å²) < 4.78 is 18.3. The Kier molecular flexibility index (Phi) is 4.58. The van der Waals surface area contributed by atoms with Gasteiger partial charge >= 0.3 is 0 Å². The molecule has 0 radical (unpaired) electrons. The van der Waals surface area contributed by atoms with Gasteiger partial charge in [0.1, 0.15) is 11.6 Å². The fourth-order valence-corrected chi connectivity index (χ4v) is 1.97. The lowest BCUT2D eigenvalue weighted by Crippen LogP contribution is -2.23. The maximum atomic E-state index is 13.2. The van der Waals surface area contributed by atoms with Gasteiger partial charge in [0.05, 0.1) is 12.7 Å². The van der Waals surface area contributed by atoms with Crippen LogP contribution in [0.1, 0.15) is 15.9 Å². The first kappa shape index (κ1) is 14.3. The van der Waals surface area contributed by atoms with Crippen molar-refractivity contribution in [3.8, 4) is 5.75 Å². The van der Waals surface area contributed by atoms with Crippen LogP contribution in [-0.2, 0) is 6.54 Å². The van der Waals surface area contributed by atoms with Crippen molar-refractivity contribution in [2.75, 3.05) is 7.11 Å². The van der Waals surface area contributed by atoms with E-state index in [0.29, 0.717) is 10.8 Å². The maximum Gasteiger partial charge on any atom is 0.255 e. The van der Waals surface area contributed by atoms with Gasteiger partial charge in [-0.3, -0.25) is 4.79 Å². The van der Waals surface area contributed by atoms with Crippen molar-refractivity contribution < 1.29 is 13.9 Å². The monoisotopic (exact) mass is 293 g/mol. The van der Waals surface area contributed by atoms with Crippen LogP contribution in [0.5, 0.6) is 5.75 Å². The number of benzene rings is 2. The Morgan fingerprint density at radius 3 is 2.75 bits per heavy atom. The molecule has 0 saturated carbocycles. The first-order valence-corrected chi connectivity index (χ1v) is 6.34. The van der Waals surface area contributed by atoms with E-state index in [1.165, 1.54) is 19.2 Å². The van der Waals surface area contributed by atoms with Crippen LogP contribution in [0.25, 0.3) is 0 Å². The van der Waals surface area contributed by atoms with Crippen LogP contribution in [-0.4, -0.2) is 13.0 Å². The van der Waals surface area contributed by atoms with E-state index in [9.17, 15) is 9.18 Å². The van der Waals surface area contributed by atoms with Crippen molar-refractivity contribution in [3.63, 3.8) is 0 Å². The van der Waals surface area contributed by atoms with Crippen molar-refractivity contribution in [3.05, 3.63) is 64.4 Å². The standard InChI is InChI=1S/C15H13ClFNO2/c1-20-14-7-6-11(17)8-12(14)15(19)18-9-10-4-2-3-5-13(10)16/h2-8H,9H2,1H3,(H,18,19). The van der Waals surface area contributed by atoms with Gasteiger partial charge < -0.3 is 10.1 Å². The second kappa shape index (κ2) is 6.39. The lowest BCUT2D eigenvalue weighted by Gasteiger charge is -2.10. The predicted molar refractivity (Wildman–Crippen MR) is 75.6 cm³/mol. The minimum atomic E-state index is -0.492. The molecule has 0 aliphatic rings. The van der Waals surface area contributed by atoms with Crippen LogP contribution in [0.2, 0.25) is 5.02 Å². The zero-order valence-corrected chi connectivity index (χ0v) is 11.6. The summed E-state index contributed by atoms with van der Waals surface area (Å²) in [6, 6.07) is 11.0. The molecule has 0 bridgehead atoms. The van der Waals surface area contributed by atoms with Gasteiger partial charge in [-0.1, -0.05) is 29.8 Å². The Balaban J connectivity index is 2.13. The van der Waals surface area contributed by atoms with Gasteiger partial charge in [0, 0.05) is 11.6 Å². The van der Waals surface area contributed by atoms with Gasteiger partial charge in [0.25, 0.3) is 5.91 Å². The minimum absolute atomic E-state index is 0.152. The van der Waals surface area contributed by atoms with Crippen LogP contribution in [0, 0.1) is 5.82 Å². The van der Waals surface area contributed by atoms with Crippen LogP contribution in [0.4, 0.5) is 4.39 Å². The first-order valence-electron chi connectivity index (χ1n) is 5.97. The van der Waals surface area contributed by atoms with E-state index < -0.39 is 11.7 Å². The summed E-state index contributed by atoms with van der Waals surface area (Å²) in [6.07, 6.45) is 0. The Morgan fingerprint density at radius 1 is 1.30 bits per heavy atom. The summed E-state index contributed by atoms with van der Waals surface area (Å²) in [4.78, 5) is 12.1. The number of amides is 1. The highest BCUT2D eigenvalue weighted by Crippen LogP contribution is 2.20. The van der Waals surface area contributed by atoms with E-state index in [1.54, 1.807) is 6.07 Å². The van der Waals surface area contributed by atoms with Crippen LogP contribution in [0.3, 0.4) is 0 Å². The van der Waals surface area contributed by atoms with Gasteiger partial charge in [-0.05, 0) is 29.8 Å².